The summed E-state index contributed by atoms with van der Waals surface area (Å²) in [6.07, 6.45) is 6.56. The zero-order chi connectivity index (χ0) is 43.1. The van der Waals surface area contributed by atoms with E-state index in [4.69, 9.17) is 21.5 Å². The van der Waals surface area contributed by atoms with Crippen LogP contribution in [0.4, 0.5) is 0 Å². The fourth-order valence-electron chi connectivity index (χ4n) is 7.82. The highest BCUT2D eigenvalue weighted by Gasteiger charge is 2.36. The minimum atomic E-state index is -1.22. The Hall–Kier alpha value is -5.38. The molecular formula is C47H61N5O7. The molecule has 2 amide bonds. The highest BCUT2D eigenvalue weighted by Crippen LogP contribution is 2.40. The average Bonchev–Trinajstić information content (AvgIpc) is 3.21. The number of hydrogen-bond donors (Lipinski definition) is 4. The molecule has 3 aromatic carbocycles. The topological polar surface area (TPSA) is 206 Å². The summed E-state index contributed by atoms with van der Waals surface area (Å²) < 4.78 is 5.97. The SMILES string of the molecule is CCCCCCCc1ccc(C(=O)C[C@@H](CCN)C(=O)N(C)[C@@H]2C(=O)C[C@@H](C)C(=O)N[C@H](C(=O)CCC#N)Cc3ccc(OCCN)c(c3)-c3cc2ccc3O)c(C)c1. The molecule has 6 N–H and O–H groups in total. The van der Waals surface area contributed by atoms with Crippen molar-refractivity contribution in [3.63, 3.8) is 0 Å². The van der Waals surface area contributed by atoms with E-state index in [1.165, 1.54) is 42.8 Å². The van der Waals surface area contributed by atoms with Crippen molar-refractivity contribution in [2.24, 2.45) is 23.3 Å². The van der Waals surface area contributed by atoms with E-state index in [2.05, 4.69) is 12.2 Å². The van der Waals surface area contributed by atoms with E-state index in [1.54, 1.807) is 37.3 Å². The van der Waals surface area contributed by atoms with Gasteiger partial charge in [0, 0.05) is 67.8 Å². The Kier molecular flexibility index (Phi) is 17.8. The first-order valence-corrected chi connectivity index (χ1v) is 20.9. The van der Waals surface area contributed by atoms with Crippen molar-refractivity contribution >= 4 is 29.2 Å². The zero-order valence-electron chi connectivity index (χ0n) is 35.1. The summed E-state index contributed by atoms with van der Waals surface area (Å²) in [5.74, 6) is -3.48. The summed E-state index contributed by atoms with van der Waals surface area (Å²) in [7, 11) is 1.50. The van der Waals surface area contributed by atoms with E-state index < -0.39 is 41.5 Å². The first-order chi connectivity index (χ1) is 28.3. The zero-order valence-corrected chi connectivity index (χ0v) is 35.1. The highest BCUT2D eigenvalue weighted by atomic mass is 16.5. The Morgan fingerprint density at radius 1 is 0.983 bits per heavy atom. The number of aromatic hydroxyl groups is 1. The number of nitrogens with one attached hydrogen (secondary N) is 1. The van der Waals surface area contributed by atoms with Crippen molar-refractivity contribution in [2.45, 2.75) is 110 Å². The standard InChI is InChI=1S/C47H61N5O7/c1-5-6-7-8-9-11-32-13-16-36(30(2)24-32)42(55)29-35(19-21-49)47(58)52(4)45-34-15-17-40(53)37(28-34)38-26-33(14-18-44(38)59-23-22-50)27-39(41(54)12-10-20-48)51-46(57)31(3)25-43(45)56/h13-18,24,26,28,31,35,39,45,53H,5-12,19,21-23,25,27,29,49-50H2,1-4H3,(H,51,57)/t31-,35-,39+,45+/m1/s1. The number of unbranched alkanes of at least 4 members (excludes halogenated alkanes) is 4. The second-order valence-electron chi connectivity index (χ2n) is 15.8. The number of phenols is 1. The molecule has 4 atom stereocenters. The molecule has 0 aliphatic carbocycles. The summed E-state index contributed by atoms with van der Waals surface area (Å²) in [6.45, 7) is 6.18. The van der Waals surface area contributed by atoms with Crippen LogP contribution in [0, 0.1) is 30.1 Å². The van der Waals surface area contributed by atoms with Crippen molar-refractivity contribution in [2.75, 3.05) is 26.7 Å². The summed E-state index contributed by atoms with van der Waals surface area (Å²) in [5, 5.41) is 23.3. The molecule has 0 spiro atoms. The molecule has 12 nitrogen and oxygen atoms in total. The molecular weight excluding hydrogens is 747 g/mol. The second-order valence-corrected chi connectivity index (χ2v) is 15.8. The Balaban J connectivity index is 1.73. The van der Waals surface area contributed by atoms with E-state index in [-0.39, 0.29) is 75.5 Å². The van der Waals surface area contributed by atoms with Gasteiger partial charge < -0.3 is 31.5 Å². The number of amides is 2. The number of ether oxygens (including phenoxy) is 1. The fourth-order valence-corrected chi connectivity index (χ4v) is 7.82. The molecule has 12 heteroatoms. The van der Waals surface area contributed by atoms with Gasteiger partial charge in [-0.3, -0.25) is 24.0 Å². The molecule has 0 unspecified atom stereocenters. The number of aryl methyl sites for hydroxylation is 2. The number of phenolic OH excluding ortho intramolecular Hbond substituents is 1. The summed E-state index contributed by atoms with van der Waals surface area (Å²) in [6, 6.07) is 15.4. The van der Waals surface area contributed by atoms with Crippen LogP contribution < -0.4 is 21.5 Å². The van der Waals surface area contributed by atoms with Crippen LogP contribution in [0.5, 0.6) is 11.5 Å². The lowest BCUT2D eigenvalue weighted by molar-refractivity contribution is -0.142. The summed E-state index contributed by atoms with van der Waals surface area (Å²) in [4.78, 5) is 71.1. The van der Waals surface area contributed by atoms with E-state index in [1.807, 2.05) is 31.2 Å². The van der Waals surface area contributed by atoms with Gasteiger partial charge in [-0.15, -0.1) is 0 Å². The van der Waals surface area contributed by atoms with Crippen LogP contribution in [0.15, 0.2) is 54.6 Å². The van der Waals surface area contributed by atoms with Crippen LogP contribution in [0.1, 0.15) is 117 Å². The lowest BCUT2D eigenvalue weighted by atomic mass is 9.87. The smallest absolute Gasteiger partial charge is 0.226 e. The van der Waals surface area contributed by atoms with Gasteiger partial charge in [-0.1, -0.05) is 69.9 Å². The number of hydrogen-bond acceptors (Lipinski definition) is 10. The lowest BCUT2D eigenvalue weighted by Gasteiger charge is -2.32. The van der Waals surface area contributed by atoms with Gasteiger partial charge in [-0.2, -0.15) is 5.26 Å². The van der Waals surface area contributed by atoms with Crippen molar-refractivity contribution in [3.8, 4) is 28.7 Å². The van der Waals surface area contributed by atoms with Crippen LogP contribution in [0.2, 0.25) is 0 Å². The molecule has 0 saturated carbocycles. The van der Waals surface area contributed by atoms with Crippen LogP contribution in [-0.2, 0) is 32.0 Å². The normalized spacial score (nSPS) is 17.3. The van der Waals surface area contributed by atoms with Crippen molar-refractivity contribution in [1.29, 1.82) is 5.26 Å². The molecule has 0 saturated heterocycles. The van der Waals surface area contributed by atoms with Gasteiger partial charge >= 0.3 is 0 Å². The quantitative estimate of drug-likeness (QED) is 0.0768. The minimum Gasteiger partial charge on any atom is -0.507 e. The number of nitriles is 1. The number of benzene rings is 3. The van der Waals surface area contributed by atoms with Crippen molar-refractivity contribution in [3.05, 3.63) is 82.4 Å². The number of ketones is 3. The minimum absolute atomic E-state index is 0.0268. The molecule has 1 aliphatic heterocycles. The Morgan fingerprint density at radius 2 is 1.75 bits per heavy atom. The predicted molar refractivity (Wildman–Crippen MR) is 228 cm³/mol. The Labute approximate surface area is 348 Å². The molecule has 4 rings (SSSR count). The molecule has 0 aromatic heterocycles. The molecule has 1 heterocycles. The summed E-state index contributed by atoms with van der Waals surface area (Å²) >= 11 is 0. The molecule has 59 heavy (non-hydrogen) atoms. The van der Waals surface area contributed by atoms with Crippen LogP contribution >= 0.6 is 0 Å². The third-order valence-electron chi connectivity index (χ3n) is 11.1. The van der Waals surface area contributed by atoms with Gasteiger partial charge in [0.15, 0.2) is 17.3 Å². The number of rotatable bonds is 19. The largest absolute Gasteiger partial charge is 0.507 e. The first kappa shape index (κ1) is 46.3. The molecule has 3 aromatic rings. The second kappa shape index (κ2) is 22.7. The van der Waals surface area contributed by atoms with Gasteiger partial charge in [0.25, 0.3) is 0 Å². The Bertz CT molecular complexity index is 2010. The van der Waals surface area contributed by atoms with E-state index in [0.29, 0.717) is 33.6 Å². The molecule has 0 fully saturated rings. The van der Waals surface area contributed by atoms with Crippen LogP contribution in [-0.4, -0.2) is 72.0 Å². The summed E-state index contributed by atoms with van der Waals surface area (Å²) in [5.41, 5.74) is 16.1. The fraction of sp³-hybridized carbons (Fsp3) is 0.489. The maximum atomic E-state index is 14.5. The molecule has 4 bridgehead atoms. The third kappa shape index (κ3) is 12.6. The average molecular weight is 808 g/mol. The lowest BCUT2D eigenvalue weighted by Crippen LogP contribution is -2.46. The number of nitrogens with two attached hydrogens (primary N) is 2. The first-order valence-electron chi connectivity index (χ1n) is 20.9. The number of nitrogens with zero attached hydrogens (tertiary/aromatic N) is 2. The van der Waals surface area contributed by atoms with Crippen LogP contribution in [0.3, 0.4) is 0 Å². The maximum Gasteiger partial charge on any atom is 0.226 e. The number of fused-ring (bicyclic) bond motifs is 5. The molecule has 1 aliphatic rings. The van der Waals surface area contributed by atoms with Gasteiger partial charge in [-0.25, -0.2) is 0 Å². The van der Waals surface area contributed by atoms with Gasteiger partial charge in [0.05, 0.1) is 12.1 Å². The van der Waals surface area contributed by atoms with Gasteiger partial charge in [0.2, 0.25) is 11.8 Å². The predicted octanol–water partition coefficient (Wildman–Crippen LogP) is 6.46. The number of carbonyl (C=O) groups excluding carboxylic acids is 5. The third-order valence-corrected chi connectivity index (χ3v) is 11.1. The molecule has 0 radical (unpaired) electrons. The van der Waals surface area contributed by atoms with Crippen molar-refractivity contribution < 1.29 is 33.8 Å². The van der Waals surface area contributed by atoms with Crippen LogP contribution in [0.25, 0.3) is 11.1 Å². The monoisotopic (exact) mass is 807 g/mol. The number of Topliss-reactive ketones (excluding diaryl/α,β-unsaturated/α-hetero) is 3. The number of carbonyl (C=O) groups is 5. The molecule has 316 valence electrons. The van der Waals surface area contributed by atoms with E-state index in [0.717, 1.165) is 24.8 Å². The van der Waals surface area contributed by atoms with Gasteiger partial charge in [-0.05, 0) is 85.7 Å². The number of likely N-dealkylation sites (N-methyl/N-ethyl adjacent to an activating group) is 1. The maximum absolute atomic E-state index is 14.5. The van der Waals surface area contributed by atoms with E-state index in [9.17, 15) is 29.1 Å². The van der Waals surface area contributed by atoms with E-state index >= 15 is 0 Å². The van der Waals surface area contributed by atoms with Gasteiger partial charge in [0.1, 0.15) is 24.1 Å². The Morgan fingerprint density at radius 3 is 2.44 bits per heavy atom. The highest BCUT2D eigenvalue weighted by molar-refractivity contribution is 6.01. The van der Waals surface area contributed by atoms with Crippen molar-refractivity contribution in [1.82, 2.24) is 10.2 Å².